The van der Waals surface area contributed by atoms with Gasteiger partial charge in [0.15, 0.2) is 0 Å². The molecule has 0 saturated heterocycles. The van der Waals surface area contributed by atoms with Gasteiger partial charge in [-0.05, 0) is 31.9 Å². The van der Waals surface area contributed by atoms with Crippen LogP contribution >= 0.6 is 0 Å². The second-order valence-electron chi connectivity index (χ2n) is 4.76. The molecule has 0 spiro atoms. The summed E-state index contributed by atoms with van der Waals surface area (Å²) in [7, 11) is 0. The summed E-state index contributed by atoms with van der Waals surface area (Å²) < 4.78 is 5.37. The molecule has 0 radical (unpaired) electrons. The molecule has 0 atom stereocenters. The maximum atomic E-state index is 12.1. The molecule has 1 aromatic heterocycles. The smallest absolute Gasteiger partial charge is 0.322 e. The van der Waals surface area contributed by atoms with E-state index in [0.29, 0.717) is 23.1 Å². The second-order valence-corrected chi connectivity index (χ2v) is 4.76. The number of aryl methyl sites for hydroxylation is 1. The summed E-state index contributed by atoms with van der Waals surface area (Å²) in [6.07, 6.45) is 2.14. The van der Waals surface area contributed by atoms with E-state index in [-0.39, 0.29) is 11.9 Å². The van der Waals surface area contributed by atoms with Gasteiger partial charge in [-0.1, -0.05) is 16.7 Å². The van der Waals surface area contributed by atoms with Crippen molar-refractivity contribution < 1.29 is 9.21 Å². The number of amides is 1. The highest BCUT2D eigenvalue weighted by molar-refractivity contribution is 6.06. The molecule has 1 aromatic carbocycles. The first kappa shape index (κ1) is 11.7. The molecule has 3 N–H and O–H groups in total. The van der Waals surface area contributed by atoms with Crippen LogP contribution in [0.2, 0.25) is 0 Å². The molecule has 19 heavy (non-hydrogen) atoms. The highest BCUT2D eigenvalue weighted by atomic mass is 16.4. The van der Waals surface area contributed by atoms with Gasteiger partial charge >= 0.3 is 6.01 Å². The monoisotopic (exact) mass is 258 g/mol. The highest BCUT2D eigenvalue weighted by Crippen LogP contribution is 2.39. The lowest BCUT2D eigenvalue weighted by atomic mass is 10.1. The summed E-state index contributed by atoms with van der Waals surface area (Å²) in [6.45, 7) is 1.90. The minimum absolute atomic E-state index is 0.118. The number of hydrogen-bond acceptors (Lipinski definition) is 5. The van der Waals surface area contributed by atoms with Gasteiger partial charge in [0, 0.05) is 11.6 Å². The van der Waals surface area contributed by atoms with Crippen LogP contribution in [0.1, 0.15) is 40.6 Å². The van der Waals surface area contributed by atoms with Gasteiger partial charge in [0.05, 0.1) is 5.56 Å². The number of nitrogen functional groups attached to an aromatic ring is 1. The van der Waals surface area contributed by atoms with Crippen LogP contribution in [0, 0.1) is 6.92 Å². The molecule has 1 aliphatic carbocycles. The normalized spacial score (nSPS) is 14.4. The third kappa shape index (κ3) is 2.42. The maximum absolute atomic E-state index is 12.1. The maximum Gasteiger partial charge on any atom is 0.322 e. The Morgan fingerprint density at radius 2 is 2.21 bits per heavy atom. The van der Waals surface area contributed by atoms with Crippen molar-refractivity contribution in [3.05, 3.63) is 35.2 Å². The largest absolute Gasteiger partial charge is 0.408 e. The Balaban J connectivity index is 1.77. The summed E-state index contributed by atoms with van der Waals surface area (Å²) in [5, 5.41) is 10.3. The van der Waals surface area contributed by atoms with Gasteiger partial charge in [0.2, 0.25) is 5.89 Å². The van der Waals surface area contributed by atoms with Crippen molar-refractivity contribution in [3.8, 4) is 0 Å². The number of carbonyl (C=O) groups is 1. The Bertz CT molecular complexity index is 631. The Morgan fingerprint density at radius 1 is 1.42 bits per heavy atom. The number of nitrogens with zero attached hydrogens (tertiary/aromatic N) is 2. The van der Waals surface area contributed by atoms with Gasteiger partial charge in [0.25, 0.3) is 5.91 Å². The molecule has 0 aliphatic heterocycles. The van der Waals surface area contributed by atoms with E-state index in [1.165, 1.54) is 0 Å². The van der Waals surface area contributed by atoms with E-state index in [0.717, 1.165) is 18.4 Å². The van der Waals surface area contributed by atoms with Crippen LogP contribution in [0.4, 0.5) is 11.7 Å². The zero-order valence-electron chi connectivity index (χ0n) is 10.5. The number of rotatable bonds is 3. The molecule has 1 fully saturated rings. The lowest BCUT2D eigenvalue weighted by molar-refractivity contribution is 0.102. The van der Waals surface area contributed by atoms with E-state index in [1.54, 1.807) is 12.1 Å². The van der Waals surface area contributed by atoms with Crippen LogP contribution in [0.5, 0.6) is 0 Å². The molecule has 1 saturated carbocycles. The topological polar surface area (TPSA) is 94.0 Å². The predicted molar refractivity (Wildman–Crippen MR) is 69.8 cm³/mol. The van der Waals surface area contributed by atoms with Crippen molar-refractivity contribution in [1.29, 1.82) is 0 Å². The molecular formula is C13H14N4O2. The fourth-order valence-corrected chi connectivity index (χ4v) is 1.81. The molecule has 1 heterocycles. The average Bonchev–Trinajstić information content (AvgIpc) is 3.13. The van der Waals surface area contributed by atoms with Crippen molar-refractivity contribution in [2.24, 2.45) is 0 Å². The lowest BCUT2D eigenvalue weighted by Gasteiger charge is -2.05. The van der Waals surface area contributed by atoms with Gasteiger partial charge in [-0.15, -0.1) is 5.10 Å². The van der Waals surface area contributed by atoms with Crippen molar-refractivity contribution >= 4 is 17.6 Å². The number of hydrogen-bond donors (Lipinski definition) is 2. The lowest BCUT2D eigenvalue weighted by Crippen LogP contribution is -2.14. The molecular weight excluding hydrogens is 244 g/mol. The van der Waals surface area contributed by atoms with Crippen LogP contribution in [-0.2, 0) is 0 Å². The van der Waals surface area contributed by atoms with Gasteiger partial charge in [-0.3, -0.25) is 10.1 Å². The third-order valence-corrected chi connectivity index (χ3v) is 3.04. The quantitative estimate of drug-likeness (QED) is 0.822. The second kappa shape index (κ2) is 4.38. The van der Waals surface area contributed by atoms with Gasteiger partial charge in [-0.2, -0.15) is 0 Å². The Morgan fingerprint density at radius 3 is 2.95 bits per heavy atom. The zero-order valence-corrected chi connectivity index (χ0v) is 10.5. The number of nitrogens with two attached hydrogens (primary N) is 1. The Labute approximate surface area is 110 Å². The first-order valence-corrected chi connectivity index (χ1v) is 6.14. The molecule has 3 rings (SSSR count). The summed E-state index contributed by atoms with van der Waals surface area (Å²) in [6, 6.07) is 5.40. The van der Waals surface area contributed by atoms with Crippen molar-refractivity contribution in [1.82, 2.24) is 10.2 Å². The molecule has 0 unspecified atom stereocenters. The van der Waals surface area contributed by atoms with Crippen LogP contribution in [-0.4, -0.2) is 16.1 Å². The fraction of sp³-hybridized carbons (Fsp3) is 0.308. The summed E-state index contributed by atoms with van der Waals surface area (Å²) in [4.78, 5) is 12.1. The standard InChI is InChI=1S/C13H14N4O2/c1-7-2-5-10(14)9(6-7)11(18)15-13-17-16-12(19-13)8-3-4-8/h2,5-6,8H,3-4,14H2,1H3,(H,15,17,18). The first-order chi connectivity index (χ1) is 9.13. The SMILES string of the molecule is Cc1ccc(N)c(C(=O)Nc2nnc(C3CC3)o2)c1. The predicted octanol–water partition coefficient (Wildman–Crippen LogP) is 2.09. The number of carbonyl (C=O) groups excluding carboxylic acids is 1. The number of nitrogens with one attached hydrogen (secondary N) is 1. The van der Waals surface area contributed by atoms with Crippen LogP contribution in [0.25, 0.3) is 0 Å². The Kier molecular flexibility index (Phi) is 2.70. The number of aromatic nitrogens is 2. The third-order valence-electron chi connectivity index (χ3n) is 3.04. The number of anilines is 2. The summed E-state index contributed by atoms with van der Waals surface area (Å²) in [5.74, 6) is 0.613. The van der Waals surface area contributed by atoms with E-state index < -0.39 is 0 Å². The molecule has 1 amide bonds. The van der Waals surface area contributed by atoms with Gasteiger partial charge < -0.3 is 10.2 Å². The minimum atomic E-state index is -0.341. The Hall–Kier alpha value is -2.37. The van der Waals surface area contributed by atoms with Crippen LogP contribution < -0.4 is 11.1 Å². The van der Waals surface area contributed by atoms with E-state index >= 15 is 0 Å². The molecule has 1 aliphatic rings. The minimum Gasteiger partial charge on any atom is -0.408 e. The van der Waals surface area contributed by atoms with E-state index in [9.17, 15) is 4.79 Å². The molecule has 2 aromatic rings. The van der Waals surface area contributed by atoms with Crippen molar-refractivity contribution in [2.45, 2.75) is 25.7 Å². The van der Waals surface area contributed by atoms with Gasteiger partial charge in [-0.25, -0.2) is 0 Å². The highest BCUT2D eigenvalue weighted by Gasteiger charge is 2.29. The van der Waals surface area contributed by atoms with Crippen LogP contribution in [0.3, 0.4) is 0 Å². The molecule has 6 nitrogen and oxygen atoms in total. The average molecular weight is 258 g/mol. The van der Waals surface area contributed by atoms with Crippen molar-refractivity contribution in [3.63, 3.8) is 0 Å². The van der Waals surface area contributed by atoms with Crippen molar-refractivity contribution in [2.75, 3.05) is 11.1 Å². The van der Waals surface area contributed by atoms with E-state index in [1.807, 2.05) is 13.0 Å². The molecule has 0 bridgehead atoms. The fourth-order valence-electron chi connectivity index (χ4n) is 1.81. The van der Waals surface area contributed by atoms with E-state index in [2.05, 4.69) is 15.5 Å². The zero-order chi connectivity index (χ0) is 13.4. The van der Waals surface area contributed by atoms with E-state index in [4.69, 9.17) is 10.2 Å². The first-order valence-electron chi connectivity index (χ1n) is 6.14. The summed E-state index contributed by atoms with van der Waals surface area (Å²) in [5.41, 5.74) is 7.57. The van der Waals surface area contributed by atoms with Gasteiger partial charge in [0.1, 0.15) is 0 Å². The summed E-state index contributed by atoms with van der Waals surface area (Å²) >= 11 is 0. The number of benzene rings is 1. The molecule has 6 heteroatoms. The molecule has 98 valence electrons. The van der Waals surface area contributed by atoms with Crippen LogP contribution in [0.15, 0.2) is 22.6 Å².